The molecule has 1 aliphatic rings. The summed E-state index contributed by atoms with van der Waals surface area (Å²) < 4.78 is 1.54. The number of fused-ring (bicyclic) bond motifs is 1. The Labute approximate surface area is 199 Å². The first-order valence-corrected chi connectivity index (χ1v) is 11.9. The number of thiophene rings is 1. The summed E-state index contributed by atoms with van der Waals surface area (Å²) in [5.41, 5.74) is 1.38. The van der Waals surface area contributed by atoms with Crippen molar-refractivity contribution in [3.05, 3.63) is 86.4 Å². The van der Waals surface area contributed by atoms with E-state index >= 15 is 0 Å². The van der Waals surface area contributed by atoms with Crippen LogP contribution in [0, 0.1) is 6.92 Å². The number of carbonyl (C=O) groups is 1. The van der Waals surface area contributed by atoms with Crippen molar-refractivity contribution in [2.45, 2.75) is 13.5 Å². The fourth-order valence-electron chi connectivity index (χ4n) is 4.11. The molecule has 1 saturated heterocycles. The van der Waals surface area contributed by atoms with E-state index in [1.165, 1.54) is 17.7 Å². The third-order valence-electron chi connectivity index (χ3n) is 5.95. The van der Waals surface area contributed by atoms with Gasteiger partial charge in [0.1, 0.15) is 10.6 Å². The lowest BCUT2D eigenvalue weighted by Gasteiger charge is -2.35. The van der Waals surface area contributed by atoms with Crippen molar-refractivity contribution in [3.8, 4) is 0 Å². The molecule has 0 N–H and O–H groups in total. The highest BCUT2D eigenvalue weighted by molar-refractivity contribution is 7.20. The lowest BCUT2D eigenvalue weighted by atomic mass is 10.2. The summed E-state index contributed by atoms with van der Waals surface area (Å²) in [5, 5.41) is 1.11. The number of hydrogen-bond acceptors (Lipinski definition) is 6. The van der Waals surface area contributed by atoms with E-state index in [0.717, 1.165) is 24.5 Å². The summed E-state index contributed by atoms with van der Waals surface area (Å²) in [4.78, 5) is 40.6. The molecule has 5 rings (SSSR count). The third kappa shape index (κ3) is 4.12. The molecule has 0 atom stereocenters. The number of aryl methyl sites for hydroxylation is 1. The molecule has 0 spiro atoms. The molecule has 7 nitrogen and oxygen atoms in total. The highest BCUT2D eigenvalue weighted by Gasteiger charge is 2.27. The second kappa shape index (κ2) is 8.96. The number of pyridine rings is 1. The Hall–Kier alpha value is -3.23. The van der Waals surface area contributed by atoms with E-state index in [0.29, 0.717) is 45.3 Å². The second-order valence-electron chi connectivity index (χ2n) is 7.97. The minimum Gasteiger partial charge on any atom is -0.353 e. The zero-order chi connectivity index (χ0) is 22.9. The molecule has 0 aliphatic carbocycles. The number of aromatic nitrogens is 3. The van der Waals surface area contributed by atoms with Crippen LogP contribution in [-0.2, 0) is 6.54 Å². The number of hydrogen-bond donors (Lipinski definition) is 0. The number of amides is 1. The number of piperazine rings is 1. The van der Waals surface area contributed by atoms with Crippen LogP contribution in [-0.4, -0.2) is 51.5 Å². The van der Waals surface area contributed by atoms with E-state index in [9.17, 15) is 9.59 Å². The SMILES string of the molecule is Cc1c(C(=O)N2CCN(c3ccccn3)CC2)sc2ncn(Cc3ccccc3Cl)c(=O)c12. The molecule has 0 unspecified atom stereocenters. The molecular formula is C24H22ClN5O2S. The van der Waals surface area contributed by atoms with Gasteiger partial charge >= 0.3 is 0 Å². The van der Waals surface area contributed by atoms with Gasteiger partial charge in [-0.25, -0.2) is 9.97 Å². The molecule has 3 aromatic heterocycles. The fraction of sp³-hybridized carbons (Fsp3) is 0.250. The van der Waals surface area contributed by atoms with Crippen molar-refractivity contribution in [2.24, 2.45) is 0 Å². The van der Waals surface area contributed by atoms with Crippen molar-refractivity contribution < 1.29 is 4.79 Å². The first-order valence-electron chi connectivity index (χ1n) is 10.7. The van der Waals surface area contributed by atoms with Crippen molar-refractivity contribution in [1.29, 1.82) is 0 Å². The number of halogens is 1. The maximum absolute atomic E-state index is 13.3. The van der Waals surface area contributed by atoms with Gasteiger partial charge in [-0.2, -0.15) is 0 Å². The highest BCUT2D eigenvalue weighted by atomic mass is 35.5. The molecule has 0 bridgehead atoms. The van der Waals surface area contributed by atoms with Crippen molar-refractivity contribution in [3.63, 3.8) is 0 Å². The Morgan fingerprint density at radius 3 is 2.55 bits per heavy atom. The van der Waals surface area contributed by atoms with Crippen LogP contribution in [0.2, 0.25) is 5.02 Å². The Balaban J connectivity index is 1.38. The second-order valence-corrected chi connectivity index (χ2v) is 9.38. The van der Waals surface area contributed by atoms with Gasteiger partial charge in [0.05, 0.1) is 23.1 Å². The normalized spacial score (nSPS) is 14.1. The predicted octanol–water partition coefficient (Wildman–Crippen LogP) is 3.83. The minimum absolute atomic E-state index is 0.0479. The van der Waals surface area contributed by atoms with E-state index in [4.69, 9.17) is 11.6 Å². The number of rotatable bonds is 4. The lowest BCUT2D eigenvalue weighted by molar-refractivity contribution is 0.0751. The van der Waals surface area contributed by atoms with Gasteiger partial charge in [-0.1, -0.05) is 35.9 Å². The monoisotopic (exact) mass is 479 g/mol. The maximum atomic E-state index is 13.3. The maximum Gasteiger partial charge on any atom is 0.264 e. The molecule has 1 amide bonds. The van der Waals surface area contributed by atoms with Crippen molar-refractivity contribution in [2.75, 3.05) is 31.1 Å². The number of nitrogens with zero attached hydrogens (tertiary/aromatic N) is 5. The first kappa shape index (κ1) is 21.6. The van der Waals surface area contributed by atoms with Crippen LogP contribution < -0.4 is 10.5 Å². The molecule has 0 radical (unpaired) electrons. The van der Waals surface area contributed by atoms with Crippen LogP contribution in [0.1, 0.15) is 20.8 Å². The summed E-state index contributed by atoms with van der Waals surface area (Å²) >= 11 is 7.55. The Morgan fingerprint density at radius 1 is 1.06 bits per heavy atom. The molecule has 0 saturated carbocycles. The summed E-state index contributed by atoms with van der Waals surface area (Å²) in [5.74, 6) is 0.874. The van der Waals surface area contributed by atoms with Gasteiger partial charge in [0.25, 0.3) is 11.5 Å². The molecular weight excluding hydrogens is 458 g/mol. The predicted molar refractivity (Wildman–Crippen MR) is 132 cm³/mol. The molecule has 4 heterocycles. The number of carbonyl (C=O) groups excluding carboxylic acids is 1. The first-order chi connectivity index (χ1) is 16.0. The van der Waals surface area contributed by atoms with E-state index in [1.54, 1.807) is 16.8 Å². The average molecular weight is 480 g/mol. The van der Waals surface area contributed by atoms with Gasteiger partial charge in [-0.3, -0.25) is 14.2 Å². The van der Waals surface area contributed by atoms with Gasteiger partial charge in [-0.05, 0) is 36.2 Å². The molecule has 4 aromatic rings. The van der Waals surface area contributed by atoms with Crippen LogP contribution in [0.3, 0.4) is 0 Å². The van der Waals surface area contributed by atoms with Gasteiger partial charge in [0, 0.05) is 37.4 Å². The Bertz CT molecular complexity index is 1380. The minimum atomic E-state index is -0.160. The topological polar surface area (TPSA) is 71.3 Å². The van der Waals surface area contributed by atoms with Crippen LogP contribution in [0.15, 0.2) is 59.8 Å². The summed E-state index contributed by atoms with van der Waals surface area (Å²) in [6.45, 7) is 4.81. The standard InChI is InChI=1S/C24H22ClN5O2S/c1-16-20-22(27-15-30(23(20)31)14-17-6-2-3-7-18(17)25)33-21(16)24(32)29-12-10-28(11-13-29)19-8-4-5-9-26-19/h2-9,15H,10-14H2,1H3. The molecule has 33 heavy (non-hydrogen) atoms. The zero-order valence-corrected chi connectivity index (χ0v) is 19.6. The fourth-order valence-corrected chi connectivity index (χ4v) is 5.41. The van der Waals surface area contributed by atoms with Crippen LogP contribution in [0.4, 0.5) is 5.82 Å². The molecule has 1 aliphatic heterocycles. The van der Waals surface area contributed by atoms with E-state index in [2.05, 4.69) is 14.9 Å². The van der Waals surface area contributed by atoms with Gasteiger partial charge < -0.3 is 9.80 Å². The Kier molecular flexibility index (Phi) is 5.86. The Morgan fingerprint density at radius 2 is 1.82 bits per heavy atom. The van der Waals surface area contributed by atoms with Crippen LogP contribution in [0.25, 0.3) is 10.2 Å². The average Bonchev–Trinajstić information content (AvgIpc) is 3.19. The smallest absolute Gasteiger partial charge is 0.264 e. The van der Waals surface area contributed by atoms with Gasteiger partial charge in [0.2, 0.25) is 0 Å². The number of benzene rings is 1. The summed E-state index contributed by atoms with van der Waals surface area (Å²) in [6, 6.07) is 13.3. The molecule has 1 fully saturated rings. The summed E-state index contributed by atoms with van der Waals surface area (Å²) in [6.07, 6.45) is 3.31. The van der Waals surface area contributed by atoms with Gasteiger partial charge in [0.15, 0.2) is 0 Å². The van der Waals surface area contributed by atoms with E-state index < -0.39 is 0 Å². The van der Waals surface area contributed by atoms with Crippen molar-refractivity contribution >= 4 is 44.9 Å². The van der Waals surface area contributed by atoms with Crippen molar-refractivity contribution in [1.82, 2.24) is 19.4 Å². The van der Waals surface area contributed by atoms with E-state index in [1.807, 2.05) is 48.2 Å². The third-order valence-corrected chi connectivity index (χ3v) is 7.51. The lowest BCUT2D eigenvalue weighted by Crippen LogP contribution is -2.49. The summed E-state index contributed by atoms with van der Waals surface area (Å²) in [7, 11) is 0. The molecule has 168 valence electrons. The quantitative estimate of drug-likeness (QED) is 0.445. The largest absolute Gasteiger partial charge is 0.353 e. The zero-order valence-electron chi connectivity index (χ0n) is 18.1. The molecule has 9 heteroatoms. The van der Waals surface area contributed by atoms with E-state index in [-0.39, 0.29) is 11.5 Å². The van der Waals surface area contributed by atoms with Gasteiger partial charge in [-0.15, -0.1) is 11.3 Å². The number of anilines is 1. The van der Waals surface area contributed by atoms with Crippen LogP contribution >= 0.6 is 22.9 Å². The highest BCUT2D eigenvalue weighted by Crippen LogP contribution is 2.29. The van der Waals surface area contributed by atoms with Crippen LogP contribution in [0.5, 0.6) is 0 Å². The molecule has 1 aromatic carbocycles.